The van der Waals surface area contributed by atoms with Gasteiger partial charge in [-0.05, 0) is 43.9 Å². The molecule has 2 atom stereocenters. The van der Waals surface area contributed by atoms with E-state index in [9.17, 15) is 13.2 Å². The third-order valence-electron chi connectivity index (χ3n) is 4.76. The molecule has 2 aromatic carbocycles. The van der Waals surface area contributed by atoms with E-state index >= 15 is 0 Å². The fraction of sp³-hybridized carbons (Fsp3) is 0.381. The fourth-order valence-electron chi connectivity index (χ4n) is 3.15. The van der Waals surface area contributed by atoms with Gasteiger partial charge in [0.15, 0.2) is 0 Å². The van der Waals surface area contributed by atoms with Crippen LogP contribution in [0.15, 0.2) is 59.5 Å². The van der Waals surface area contributed by atoms with Gasteiger partial charge in [-0.25, -0.2) is 8.42 Å². The molecule has 1 aliphatic rings. The van der Waals surface area contributed by atoms with Gasteiger partial charge in [-0.3, -0.25) is 4.79 Å². The fourth-order valence-corrected chi connectivity index (χ4v) is 4.35. The van der Waals surface area contributed by atoms with Gasteiger partial charge in [0.25, 0.3) is 0 Å². The van der Waals surface area contributed by atoms with Crippen LogP contribution >= 0.6 is 0 Å². The van der Waals surface area contributed by atoms with E-state index in [1.54, 1.807) is 24.3 Å². The van der Waals surface area contributed by atoms with E-state index in [2.05, 4.69) is 10.0 Å². The van der Waals surface area contributed by atoms with Crippen molar-refractivity contribution >= 4 is 15.9 Å². The van der Waals surface area contributed by atoms with Crippen LogP contribution in [0.4, 0.5) is 0 Å². The van der Waals surface area contributed by atoms with Gasteiger partial charge in [0.1, 0.15) is 6.04 Å². The molecule has 150 valence electrons. The molecule has 1 aliphatic heterocycles. The highest BCUT2D eigenvalue weighted by Gasteiger charge is 2.27. The van der Waals surface area contributed by atoms with Crippen molar-refractivity contribution in [3.63, 3.8) is 0 Å². The Morgan fingerprint density at radius 1 is 1.14 bits per heavy atom. The van der Waals surface area contributed by atoms with Gasteiger partial charge < -0.3 is 10.1 Å². The van der Waals surface area contributed by atoms with Crippen LogP contribution in [-0.2, 0) is 26.0 Å². The van der Waals surface area contributed by atoms with E-state index in [0.717, 1.165) is 24.0 Å². The summed E-state index contributed by atoms with van der Waals surface area (Å²) < 4.78 is 33.7. The molecule has 0 unspecified atom stereocenters. The summed E-state index contributed by atoms with van der Waals surface area (Å²) in [5.41, 5.74) is 1.85. The molecule has 7 heteroatoms. The lowest BCUT2D eigenvalue weighted by Crippen LogP contribution is -2.49. The number of amides is 1. The number of sulfonamides is 1. The molecule has 1 amide bonds. The molecule has 1 heterocycles. The number of hydrogen-bond acceptors (Lipinski definition) is 4. The molecule has 2 N–H and O–H groups in total. The molecule has 0 spiro atoms. The highest BCUT2D eigenvalue weighted by atomic mass is 32.2. The standard InChI is InChI=1S/C21H26N2O4S/c1-16-9-11-19(12-10-16)28(25,26)23-20(14-17-6-3-2-4-7-17)21(24)22-15-18-8-5-13-27-18/h2-4,6-7,9-12,18,20,23H,5,8,13-15H2,1H3,(H,22,24)/t18-,20-/m0/s1. The van der Waals surface area contributed by atoms with Gasteiger partial charge in [-0.1, -0.05) is 48.0 Å². The zero-order chi connectivity index (χ0) is 20.0. The minimum atomic E-state index is -3.82. The van der Waals surface area contributed by atoms with E-state index < -0.39 is 16.1 Å². The first-order valence-electron chi connectivity index (χ1n) is 9.46. The number of benzene rings is 2. The number of ether oxygens (including phenoxy) is 1. The minimum Gasteiger partial charge on any atom is -0.376 e. The Hall–Kier alpha value is -2.22. The summed E-state index contributed by atoms with van der Waals surface area (Å²) in [6, 6.07) is 15.0. The van der Waals surface area contributed by atoms with Crippen LogP contribution in [0, 0.1) is 6.92 Å². The highest BCUT2D eigenvalue weighted by Crippen LogP contribution is 2.14. The summed E-state index contributed by atoms with van der Waals surface area (Å²) in [5, 5.41) is 2.84. The lowest BCUT2D eigenvalue weighted by Gasteiger charge is -2.20. The van der Waals surface area contributed by atoms with Crippen LogP contribution in [0.1, 0.15) is 24.0 Å². The maximum atomic E-state index is 12.8. The van der Waals surface area contributed by atoms with E-state index in [1.807, 2.05) is 37.3 Å². The maximum Gasteiger partial charge on any atom is 0.241 e. The molecule has 0 radical (unpaired) electrons. The molecular formula is C21H26N2O4S. The lowest BCUT2D eigenvalue weighted by molar-refractivity contribution is -0.123. The summed E-state index contributed by atoms with van der Waals surface area (Å²) in [7, 11) is -3.82. The minimum absolute atomic E-state index is 0.00460. The van der Waals surface area contributed by atoms with Crippen LogP contribution < -0.4 is 10.0 Å². The van der Waals surface area contributed by atoms with Crippen molar-refractivity contribution in [2.24, 2.45) is 0 Å². The first kappa shape index (κ1) is 20.5. The van der Waals surface area contributed by atoms with Crippen molar-refractivity contribution in [1.29, 1.82) is 0 Å². The van der Waals surface area contributed by atoms with E-state index in [0.29, 0.717) is 13.2 Å². The second-order valence-electron chi connectivity index (χ2n) is 7.06. The average Bonchev–Trinajstić information content (AvgIpc) is 3.20. The summed E-state index contributed by atoms with van der Waals surface area (Å²) in [6.07, 6.45) is 2.14. The molecule has 28 heavy (non-hydrogen) atoms. The Bertz CT molecular complexity index is 876. The number of carbonyl (C=O) groups excluding carboxylic acids is 1. The maximum absolute atomic E-state index is 12.8. The predicted octanol–water partition coefficient (Wildman–Crippen LogP) is 2.18. The second kappa shape index (κ2) is 9.32. The number of nitrogens with one attached hydrogen (secondary N) is 2. The summed E-state index contributed by atoms with van der Waals surface area (Å²) >= 11 is 0. The highest BCUT2D eigenvalue weighted by molar-refractivity contribution is 7.89. The summed E-state index contributed by atoms with van der Waals surface area (Å²) in [4.78, 5) is 12.9. The zero-order valence-corrected chi connectivity index (χ0v) is 16.7. The van der Waals surface area contributed by atoms with Crippen molar-refractivity contribution in [2.75, 3.05) is 13.2 Å². The van der Waals surface area contributed by atoms with Crippen LogP contribution in [0.5, 0.6) is 0 Å². The van der Waals surface area contributed by atoms with Gasteiger partial charge in [0.2, 0.25) is 15.9 Å². The molecular weight excluding hydrogens is 376 g/mol. The number of carbonyl (C=O) groups is 1. The quantitative estimate of drug-likeness (QED) is 0.709. The van der Waals surface area contributed by atoms with Crippen LogP contribution in [0.3, 0.4) is 0 Å². The largest absolute Gasteiger partial charge is 0.376 e. The molecule has 6 nitrogen and oxygen atoms in total. The van der Waals surface area contributed by atoms with Crippen molar-refractivity contribution < 1.29 is 17.9 Å². The smallest absolute Gasteiger partial charge is 0.241 e. The van der Waals surface area contributed by atoms with Crippen LogP contribution in [-0.4, -0.2) is 39.6 Å². The van der Waals surface area contributed by atoms with Crippen molar-refractivity contribution in [3.05, 3.63) is 65.7 Å². The third-order valence-corrected chi connectivity index (χ3v) is 6.24. The van der Waals surface area contributed by atoms with E-state index in [1.165, 1.54) is 0 Å². The lowest BCUT2D eigenvalue weighted by atomic mass is 10.1. The first-order valence-corrected chi connectivity index (χ1v) is 10.9. The number of rotatable bonds is 8. The van der Waals surface area contributed by atoms with Gasteiger partial charge >= 0.3 is 0 Å². The SMILES string of the molecule is Cc1ccc(S(=O)(=O)N[C@@H](Cc2ccccc2)C(=O)NC[C@@H]2CCCO2)cc1. The molecule has 0 saturated carbocycles. The summed E-state index contributed by atoms with van der Waals surface area (Å²) in [5.74, 6) is -0.352. The molecule has 0 aromatic heterocycles. The zero-order valence-electron chi connectivity index (χ0n) is 15.9. The Balaban J connectivity index is 1.74. The monoisotopic (exact) mass is 402 g/mol. The van der Waals surface area contributed by atoms with Gasteiger partial charge in [0.05, 0.1) is 11.0 Å². The average molecular weight is 403 g/mol. The first-order chi connectivity index (χ1) is 13.4. The Labute approximate surface area is 166 Å². The van der Waals surface area contributed by atoms with Crippen molar-refractivity contribution in [1.82, 2.24) is 10.0 Å². The Kier molecular flexibility index (Phi) is 6.83. The van der Waals surface area contributed by atoms with Crippen molar-refractivity contribution in [2.45, 2.75) is 43.2 Å². The third kappa shape index (κ3) is 5.64. The molecule has 1 saturated heterocycles. The number of hydrogen-bond donors (Lipinski definition) is 2. The van der Waals surface area contributed by atoms with Gasteiger partial charge in [-0.2, -0.15) is 4.72 Å². The molecule has 0 aliphatic carbocycles. The normalized spacial score (nSPS) is 18.0. The van der Waals surface area contributed by atoms with Crippen molar-refractivity contribution in [3.8, 4) is 0 Å². The predicted molar refractivity (Wildman–Crippen MR) is 107 cm³/mol. The molecule has 3 rings (SSSR count). The van der Waals surface area contributed by atoms with Gasteiger partial charge in [0, 0.05) is 13.2 Å². The van der Waals surface area contributed by atoms with E-state index in [4.69, 9.17) is 4.74 Å². The number of aryl methyl sites for hydroxylation is 1. The van der Waals surface area contributed by atoms with Crippen LogP contribution in [0.25, 0.3) is 0 Å². The Morgan fingerprint density at radius 2 is 1.86 bits per heavy atom. The second-order valence-corrected chi connectivity index (χ2v) is 8.77. The molecule has 1 fully saturated rings. The topological polar surface area (TPSA) is 84.5 Å². The van der Waals surface area contributed by atoms with Crippen LogP contribution in [0.2, 0.25) is 0 Å². The summed E-state index contributed by atoms with van der Waals surface area (Å²) in [6.45, 7) is 2.98. The Morgan fingerprint density at radius 3 is 2.50 bits per heavy atom. The van der Waals surface area contributed by atoms with Gasteiger partial charge in [-0.15, -0.1) is 0 Å². The molecule has 0 bridgehead atoms. The molecule has 2 aromatic rings. The van der Waals surface area contributed by atoms with E-state index in [-0.39, 0.29) is 23.3 Å².